The van der Waals surface area contributed by atoms with Gasteiger partial charge in [0.1, 0.15) is 5.75 Å². The number of ether oxygens (including phenoxy) is 1. The second kappa shape index (κ2) is 3.34. The van der Waals surface area contributed by atoms with E-state index >= 15 is 0 Å². The van der Waals surface area contributed by atoms with Gasteiger partial charge >= 0.3 is 0 Å². The van der Waals surface area contributed by atoms with Crippen LogP contribution in [0.3, 0.4) is 0 Å². The van der Waals surface area contributed by atoms with E-state index in [1.165, 1.54) is 11.3 Å². The molecule has 2 nitrogen and oxygen atoms in total. The molecule has 0 aliphatic carbocycles. The third-order valence-corrected chi connectivity index (χ3v) is 4.42. The molecule has 2 rings (SSSR count). The predicted octanol–water partition coefficient (Wildman–Crippen LogP) is 3.22. The summed E-state index contributed by atoms with van der Waals surface area (Å²) >= 11 is 3.70. The van der Waals surface area contributed by atoms with Crippen LogP contribution in [-0.4, -0.2) is 12.2 Å². The van der Waals surface area contributed by atoms with E-state index in [0.29, 0.717) is 5.75 Å². The largest absolute Gasteiger partial charge is 0.506 e. The summed E-state index contributed by atoms with van der Waals surface area (Å²) in [5.41, 5.74) is 0. The van der Waals surface area contributed by atoms with Crippen molar-refractivity contribution in [1.29, 1.82) is 0 Å². The highest BCUT2D eigenvalue weighted by atomic mass is 127. The first-order chi connectivity index (χ1) is 6.24. The van der Waals surface area contributed by atoms with Gasteiger partial charge in [-0.05, 0) is 28.7 Å². The standard InChI is InChI=1S/C9H7IO2S/c1-12-9-7(10)5-3-2-4-6(11)8(5)13-9/h2-4,11H,1H3. The van der Waals surface area contributed by atoms with Gasteiger partial charge in [0.25, 0.3) is 0 Å². The maximum absolute atomic E-state index is 9.56. The molecule has 2 aromatic rings. The van der Waals surface area contributed by atoms with Crippen molar-refractivity contribution in [3.05, 3.63) is 21.8 Å². The van der Waals surface area contributed by atoms with E-state index in [9.17, 15) is 5.11 Å². The SMILES string of the molecule is COc1sc2c(O)cccc2c1I. The fraction of sp³-hybridized carbons (Fsp3) is 0.111. The Balaban J connectivity index is 2.83. The van der Waals surface area contributed by atoms with E-state index < -0.39 is 0 Å². The molecule has 1 N–H and O–H groups in total. The third kappa shape index (κ3) is 1.38. The fourth-order valence-electron chi connectivity index (χ4n) is 1.18. The van der Waals surface area contributed by atoms with Crippen molar-refractivity contribution in [2.24, 2.45) is 0 Å². The molecular formula is C9H7IO2S. The van der Waals surface area contributed by atoms with Crippen LogP contribution in [0, 0.1) is 3.57 Å². The third-order valence-electron chi connectivity index (χ3n) is 1.79. The Bertz CT molecular complexity index is 450. The van der Waals surface area contributed by atoms with Crippen LogP contribution in [0.2, 0.25) is 0 Å². The van der Waals surface area contributed by atoms with Gasteiger partial charge < -0.3 is 9.84 Å². The maximum atomic E-state index is 9.56. The molecule has 0 atom stereocenters. The molecule has 4 heteroatoms. The van der Waals surface area contributed by atoms with Gasteiger partial charge in [-0.25, -0.2) is 0 Å². The van der Waals surface area contributed by atoms with E-state index in [-0.39, 0.29) is 0 Å². The zero-order valence-electron chi connectivity index (χ0n) is 6.87. The number of phenols is 1. The lowest BCUT2D eigenvalue weighted by Gasteiger charge is -1.92. The van der Waals surface area contributed by atoms with Crippen molar-refractivity contribution in [2.45, 2.75) is 0 Å². The lowest BCUT2D eigenvalue weighted by molar-refractivity contribution is 0.425. The summed E-state index contributed by atoms with van der Waals surface area (Å²) in [5, 5.41) is 11.5. The van der Waals surface area contributed by atoms with Crippen molar-refractivity contribution in [1.82, 2.24) is 0 Å². The molecule has 68 valence electrons. The fourth-order valence-corrected chi connectivity index (χ4v) is 3.29. The van der Waals surface area contributed by atoms with Gasteiger partial charge in [0.2, 0.25) is 0 Å². The van der Waals surface area contributed by atoms with Crippen LogP contribution in [0.5, 0.6) is 10.8 Å². The number of benzene rings is 1. The topological polar surface area (TPSA) is 29.5 Å². The van der Waals surface area contributed by atoms with Crippen LogP contribution >= 0.6 is 33.9 Å². The van der Waals surface area contributed by atoms with Crippen molar-refractivity contribution in [3.63, 3.8) is 0 Å². The molecule has 0 saturated carbocycles. The van der Waals surface area contributed by atoms with Crippen LogP contribution in [-0.2, 0) is 0 Å². The molecule has 13 heavy (non-hydrogen) atoms. The van der Waals surface area contributed by atoms with Gasteiger partial charge in [-0.3, -0.25) is 0 Å². The molecule has 0 radical (unpaired) electrons. The summed E-state index contributed by atoms with van der Waals surface area (Å²) in [6, 6.07) is 5.51. The molecule has 1 aromatic heterocycles. The zero-order chi connectivity index (χ0) is 9.42. The lowest BCUT2D eigenvalue weighted by atomic mass is 10.2. The highest BCUT2D eigenvalue weighted by Crippen LogP contribution is 2.41. The number of thiophene rings is 1. The second-order valence-electron chi connectivity index (χ2n) is 2.56. The number of phenolic OH excluding ortho intramolecular Hbond substituents is 1. The lowest BCUT2D eigenvalue weighted by Crippen LogP contribution is -1.78. The number of rotatable bonds is 1. The highest BCUT2D eigenvalue weighted by Gasteiger charge is 2.11. The molecular weight excluding hydrogens is 299 g/mol. The number of fused-ring (bicyclic) bond motifs is 1. The average Bonchev–Trinajstić information content (AvgIpc) is 2.45. The Morgan fingerprint density at radius 1 is 1.46 bits per heavy atom. The summed E-state index contributed by atoms with van der Waals surface area (Å²) in [4.78, 5) is 0. The quantitative estimate of drug-likeness (QED) is 0.820. The summed E-state index contributed by atoms with van der Waals surface area (Å²) in [5.74, 6) is 0.323. The van der Waals surface area contributed by atoms with Crippen molar-refractivity contribution >= 4 is 44.0 Å². The van der Waals surface area contributed by atoms with Crippen molar-refractivity contribution in [2.75, 3.05) is 7.11 Å². The van der Waals surface area contributed by atoms with E-state index in [1.807, 2.05) is 12.1 Å². The van der Waals surface area contributed by atoms with E-state index in [2.05, 4.69) is 22.6 Å². The minimum atomic E-state index is 0.323. The maximum Gasteiger partial charge on any atom is 0.188 e. The summed E-state index contributed by atoms with van der Waals surface area (Å²) < 4.78 is 7.14. The molecule has 0 unspecified atom stereocenters. The molecule has 0 aliphatic rings. The Morgan fingerprint density at radius 2 is 2.23 bits per heavy atom. The van der Waals surface area contributed by atoms with E-state index in [4.69, 9.17) is 4.74 Å². The van der Waals surface area contributed by atoms with Crippen LogP contribution < -0.4 is 4.74 Å². The van der Waals surface area contributed by atoms with Gasteiger partial charge in [-0.1, -0.05) is 23.5 Å². The van der Waals surface area contributed by atoms with Gasteiger partial charge in [0.05, 0.1) is 15.4 Å². The highest BCUT2D eigenvalue weighted by molar-refractivity contribution is 14.1. The first kappa shape index (κ1) is 9.08. The predicted molar refractivity (Wildman–Crippen MR) is 62.8 cm³/mol. The molecule has 0 fully saturated rings. The van der Waals surface area contributed by atoms with E-state index in [0.717, 1.165) is 18.7 Å². The summed E-state index contributed by atoms with van der Waals surface area (Å²) in [6.45, 7) is 0. The molecule has 0 saturated heterocycles. The Kier molecular flexibility index (Phi) is 2.33. The summed E-state index contributed by atoms with van der Waals surface area (Å²) in [6.07, 6.45) is 0. The number of hydrogen-bond donors (Lipinski definition) is 1. The molecule has 0 bridgehead atoms. The Labute approximate surface area is 93.3 Å². The van der Waals surface area contributed by atoms with Gasteiger partial charge in [-0.15, -0.1) is 0 Å². The van der Waals surface area contributed by atoms with Gasteiger partial charge in [0, 0.05) is 5.39 Å². The minimum Gasteiger partial charge on any atom is -0.506 e. The molecule has 1 aromatic carbocycles. The van der Waals surface area contributed by atoms with Crippen LogP contribution in [0.15, 0.2) is 18.2 Å². The average molecular weight is 306 g/mol. The number of halogens is 1. The molecule has 0 amide bonds. The number of aromatic hydroxyl groups is 1. The molecule has 1 heterocycles. The Morgan fingerprint density at radius 3 is 2.85 bits per heavy atom. The minimum absolute atomic E-state index is 0.323. The van der Waals surface area contributed by atoms with E-state index in [1.54, 1.807) is 13.2 Å². The van der Waals surface area contributed by atoms with Crippen LogP contribution in [0.4, 0.5) is 0 Å². The van der Waals surface area contributed by atoms with Crippen LogP contribution in [0.25, 0.3) is 10.1 Å². The smallest absolute Gasteiger partial charge is 0.188 e. The summed E-state index contributed by atoms with van der Waals surface area (Å²) in [7, 11) is 1.64. The monoisotopic (exact) mass is 306 g/mol. The number of methoxy groups -OCH3 is 1. The van der Waals surface area contributed by atoms with Crippen LogP contribution in [0.1, 0.15) is 0 Å². The van der Waals surface area contributed by atoms with Gasteiger partial charge in [-0.2, -0.15) is 0 Å². The first-order valence-corrected chi connectivity index (χ1v) is 5.57. The second-order valence-corrected chi connectivity index (χ2v) is 4.62. The number of hydrogen-bond acceptors (Lipinski definition) is 3. The molecule has 0 spiro atoms. The normalized spacial score (nSPS) is 10.6. The van der Waals surface area contributed by atoms with Crippen molar-refractivity contribution in [3.8, 4) is 10.8 Å². The first-order valence-electron chi connectivity index (χ1n) is 3.68. The van der Waals surface area contributed by atoms with Crippen molar-refractivity contribution < 1.29 is 9.84 Å². The Hall–Kier alpha value is -0.490. The zero-order valence-corrected chi connectivity index (χ0v) is 9.85. The van der Waals surface area contributed by atoms with Gasteiger partial charge in [0.15, 0.2) is 5.06 Å². The molecule has 0 aliphatic heterocycles.